The van der Waals surface area contributed by atoms with Crippen molar-refractivity contribution in [3.63, 3.8) is 0 Å². The van der Waals surface area contributed by atoms with Crippen molar-refractivity contribution in [3.05, 3.63) is 0 Å². The fourth-order valence-corrected chi connectivity index (χ4v) is 2.47. The second kappa shape index (κ2) is 5.03. The largest absolute Gasteiger partial charge is 0.396 e. The molecule has 0 radical (unpaired) electrons. The van der Waals surface area contributed by atoms with Crippen LogP contribution in [-0.4, -0.2) is 49.0 Å². The van der Waals surface area contributed by atoms with Gasteiger partial charge in [-0.05, 0) is 39.0 Å². The summed E-state index contributed by atoms with van der Waals surface area (Å²) in [7, 11) is 0. The average Bonchev–Trinajstić information content (AvgIpc) is 2.95. The topological polar surface area (TPSA) is 32.7 Å². The van der Waals surface area contributed by atoms with E-state index >= 15 is 0 Å². The quantitative estimate of drug-likeness (QED) is 0.746. The Hall–Kier alpha value is -0.120. The number of rotatable bonds is 6. The summed E-state index contributed by atoms with van der Waals surface area (Å²) in [5, 5.41) is 9.59. The lowest BCUT2D eigenvalue weighted by Gasteiger charge is -2.35. The van der Waals surface area contributed by atoms with Crippen LogP contribution < -0.4 is 0 Å². The van der Waals surface area contributed by atoms with Gasteiger partial charge in [0.15, 0.2) is 0 Å². The van der Waals surface area contributed by atoms with Crippen LogP contribution >= 0.6 is 0 Å². The summed E-state index contributed by atoms with van der Waals surface area (Å²) in [4.78, 5) is 2.53. The molecule has 2 aliphatic rings. The van der Waals surface area contributed by atoms with Crippen LogP contribution in [0.3, 0.4) is 0 Å². The van der Waals surface area contributed by atoms with Gasteiger partial charge in [0.2, 0.25) is 0 Å². The smallest absolute Gasteiger partial charge is 0.0557 e. The molecular formula is C13H25NO2. The lowest BCUT2D eigenvalue weighted by atomic mass is 9.87. The van der Waals surface area contributed by atoms with Crippen molar-refractivity contribution in [1.82, 2.24) is 4.90 Å². The molecule has 2 fully saturated rings. The van der Waals surface area contributed by atoms with Crippen LogP contribution in [0.2, 0.25) is 0 Å². The molecule has 0 amide bonds. The maximum atomic E-state index is 9.59. The zero-order chi connectivity index (χ0) is 11.6. The maximum absolute atomic E-state index is 9.59. The number of aliphatic hydroxyl groups excluding tert-OH is 1. The first-order valence-electron chi connectivity index (χ1n) is 6.58. The summed E-state index contributed by atoms with van der Waals surface area (Å²) in [5.41, 5.74) is 0.0131. The minimum Gasteiger partial charge on any atom is -0.396 e. The zero-order valence-corrected chi connectivity index (χ0v) is 10.6. The van der Waals surface area contributed by atoms with E-state index in [9.17, 15) is 5.11 Å². The zero-order valence-electron chi connectivity index (χ0n) is 10.6. The van der Waals surface area contributed by atoms with E-state index in [0.717, 1.165) is 32.1 Å². The third kappa shape index (κ3) is 2.96. The lowest BCUT2D eigenvalue weighted by molar-refractivity contribution is 0.0445. The molecule has 0 aromatic heterocycles. The Kier molecular flexibility index (Phi) is 3.88. The van der Waals surface area contributed by atoms with Crippen molar-refractivity contribution in [1.29, 1.82) is 0 Å². The first-order chi connectivity index (χ1) is 7.65. The van der Waals surface area contributed by atoms with Crippen molar-refractivity contribution >= 4 is 0 Å². The second-order valence-corrected chi connectivity index (χ2v) is 5.93. The Morgan fingerprint density at radius 3 is 2.62 bits per heavy atom. The maximum Gasteiger partial charge on any atom is 0.0557 e. The molecule has 1 unspecified atom stereocenters. The van der Waals surface area contributed by atoms with Crippen LogP contribution in [0.4, 0.5) is 0 Å². The Morgan fingerprint density at radius 2 is 2.19 bits per heavy atom. The van der Waals surface area contributed by atoms with E-state index in [1.807, 2.05) is 0 Å². The molecule has 2 rings (SSSR count). The lowest BCUT2D eigenvalue weighted by Crippen LogP contribution is -2.44. The van der Waals surface area contributed by atoms with Crippen LogP contribution in [0.5, 0.6) is 0 Å². The summed E-state index contributed by atoms with van der Waals surface area (Å²) in [6, 6.07) is 0.574. The SMILES string of the molecule is CC(C)N(CC1CC1)CC1(CO)CCOC1. The first-order valence-corrected chi connectivity index (χ1v) is 6.58. The Labute approximate surface area is 98.8 Å². The van der Waals surface area contributed by atoms with Gasteiger partial charge in [0.25, 0.3) is 0 Å². The molecule has 3 nitrogen and oxygen atoms in total. The monoisotopic (exact) mass is 227 g/mol. The van der Waals surface area contributed by atoms with Crippen molar-refractivity contribution in [2.45, 2.75) is 39.2 Å². The van der Waals surface area contributed by atoms with E-state index in [1.54, 1.807) is 0 Å². The summed E-state index contributed by atoms with van der Waals surface area (Å²) >= 11 is 0. The van der Waals surface area contributed by atoms with Gasteiger partial charge in [0.05, 0.1) is 13.2 Å². The van der Waals surface area contributed by atoms with Gasteiger partial charge in [0.1, 0.15) is 0 Å². The predicted molar refractivity (Wildman–Crippen MR) is 64.4 cm³/mol. The van der Waals surface area contributed by atoms with Crippen molar-refractivity contribution < 1.29 is 9.84 Å². The highest BCUT2D eigenvalue weighted by atomic mass is 16.5. The fourth-order valence-electron chi connectivity index (χ4n) is 2.47. The molecule has 0 bridgehead atoms. The molecule has 0 aromatic carbocycles. The van der Waals surface area contributed by atoms with Crippen molar-refractivity contribution in [2.75, 3.05) is 32.9 Å². The first kappa shape index (κ1) is 12.3. The van der Waals surface area contributed by atoms with Crippen LogP contribution in [0.15, 0.2) is 0 Å². The molecule has 0 spiro atoms. The van der Waals surface area contributed by atoms with Gasteiger partial charge in [-0.25, -0.2) is 0 Å². The summed E-state index contributed by atoms with van der Waals surface area (Å²) in [5.74, 6) is 0.917. The van der Waals surface area contributed by atoms with E-state index in [-0.39, 0.29) is 12.0 Å². The molecule has 1 heterocycles. The van der Waals surface area contributed by atoms with Gasteiger partial charge in [-0.15, -0.1) is 0 Å². The molecule has 1 saturated carbocycles. The number of hydrogen-bond donors (Lipinski definition) is 1. The minimum atomic E-state index is 0.0131. The molecule has 3 heteroatoms. The van der Waals surface area contributed by atoms with E-state index in [1.165, 1.54) is 19.4 Å². The summed E-state index contributed by atoms with van der Waals surface area (Å²) in [6.45, 7) is 8.53. The number of nitrogens with zero attached hydrogens (tertiary/aromatic N) is 1. The highest BCUT2D eigenvalue weighted by molar-refractivity contribution is 4.88. The molecule has 16 heavy (non-hydrogen) atoms. The molecule has 94 valence electrons. The Bertz CT molecular complexity index is 220. The third-order valence-corrected chi connectivity index (χ3v) is 3.98. The number of ether oxygens (including phenoxy) is 1. The summed E-state index contributed by atoms with van der Waals surface area (Å²) < 4.78 is 5.47. The summed E-state index contributed by atoms with van der Waals surface area (Å²) in [6.07, 6.45) is 3.80. The van der Waals surface area contributed by atoms with Gasteiger partial charge in [0, 0.05) is 31.2 Å². The van der Waals surface area contributed by atoms with E-state index in [0.29, 0.717) is 6.04 Å². The van der Waals surface area contributed by atoms with Crippen LogP contribution in [0, 0.1) is 11.3 Å². The fraction of sp³-hybridized carbons (Fsp3) is 1.00. The van der Waals surface area contributed by atoms with E-state index < -0.39 is 0 Å². The van der Waals surface area contributed by atoms with Crippen LogP contribution in [-0.2, 0) is 4.74 Å². The molecule has 1 N–H and O–H groups in total. The molecule has 1 saturated heterocycles. The standard InChI is InChI=1S/C13H25NO2/c1-11(2)14(7-12-3-4-12)8-13(9-15)5-6-16-10-13/h11-12,15H,3-10H2,1-2H3. The molecule has 1 aliphatic heterocycles. The highest BCUT2D eigenvalue weighted by Crippen LogP contribution is 2.34. The van der Waals surface area contributed by atoms with Crippen molar-refractivity contribution in [2.24, 2.45) is 11.3 Å². The molecular weight excluding hydrogens is 202 g/mol. The van der Waals surface area contributed by atoms with Crippen LogP contribution in [0.1, 0.15) is 33.1 Å². The van der Waals surface area contributed by atoms with Gasteiger partial charge >= 0.3 is 0 Å². The normalized spacial score (nSPS) is 30.6. The van der Waals surface area contributed by atoms with E-state index in [4.69, 9.17) is 4.74 Å². The predicted octanol–water partition coefficient (Wildman–Crippen LogP) is 1.51. The second-order valence-electron chi connectivity index (χ2n) is 5.93. The molecule has 1 atom stereocenters. The molecule has 1 aliphatic carbocycles. The van der Waals surface area contributed by atoms with Gasteiger partial charge < -0.3 is 9.84 Å². The number of hydrogen-bond acceptors (Lipinski definition) is 3. The highest BCUT2D eigenvalue weighted by Gasteiger charge is 2.38. The minimum absolute atomic E-state index is 0.0131. The van der Waals surface area contributed by atoms with E-state index in [2.05, 4.69) is 18.7 Å². The van der Waals surface area contributed by atoms with Crippen molar-refractivity contribution in [3.8, 4) is 0 Å². The molecule has 0 aromatic rings. The van der Waals surface area contributed by atoms with Crippen LogP contribution in [0.25, 0.3) is 0 Å². The third-order valence-electron chi connectivity index (χ3n) is 3.98. The van der Waals surface area contributed by atoms with Gasteiger partial charge in [-0.3, -0.25) is 4.90 Å². The Balaban J connectivity index is 1.91. The average molecular weight is 227 g/mol. The number of aliphatic hydroxyl groups is 1. The Morgan fingerprint density at radius 1 is 1.44 bits per heavy atom. The van der Waals surface area contributed by atoms with Gasteiger partial charge in [-0.1, -0.05) is 0 Å². The van der Waals surface area contributed by atoms with Gasteiger partial charge in [-0.2, -0.15) is 0 Å².